The standard InChI is InChI=1S/C17H24N4/c1-3-21-13-15(11-18-21)12-20-10-9-19(2)17(14-20)16-7-5-4-6-8-16/h4-8,11,13,17H,3,9-10,12,14H2,1-2H3. The van der Waals surface area contributed by atoms with Crippen LogP contribution in [0.3, 0.4) is 0 Å². The SMILES string of the molecule is CCn1cc(CN2CCN(C)C(c3ccccc3)C2)cn1. The van der Waals surface area contributed by atoms with Crippen LogP contribution in [0.15, 0.2) is 42.7 Å². The third-order valence-electron chi connectivity index (χ3n) is 4.33. The Labute approximate surface area is 127 Å². The molecule has 0 saturated carbocycles. The highest BCUT2D eigenvalue weighted by atomic mass is 15.3. The van der Waals surface area contributed by atoms with E-state index in [4.69, 9.17) is 0 Å². The Morgan fingerprint density at radius 3 is 2.71 bits per heavy atom. The lowest BCUT2D eigenvalue weighted by Gasteiger charge is -2.39. The average molecular weight is 284 g/mol. The molecule has 0 spiro atoms. The zero-order valence-corrected chi connectivity index (χ0v) is 12.9. The van der Waals surface area contributed by atoms with Crippen LogP contribution in [0.2, 0.25) is 0 Å². The number of aryl methyl sites for hydroxylation is 1. The lowest BCUT2D eigenvalue weighted by atomic mass is 10.0. The molecule has 1 aromatic carbocycles. The lowest BCUT2D eigenvalue weighted by molar-refractivity contribution is 0.0905. The maximum absolute atomic E-state index is 4.37. The molecule has 0 N–H and O–H groups in total. The quantitative estimate of drug-likeness (QED) is 0.861. The highest BCUT2D eigenvalue weighted by Crippen LogP contribution is 2.24. The molecule has 1 aliphatic heterocycles. The molecule has 112 valence electrons. The molecule has 3 rings (SSSR count). The summed E-state index contributed by atoms with van der Waals surface area (Å²) in [5, 5.41) is 4.37. The minimum atomic E-state index is 0.487. The van der Waals surface area contributed by atoms with Gasteiger partial charge in [0.05, 0.1) is 6.20 Å². The van der Waals surface area contributed by atoms with E-state index in [0.29, 0.717) is 6.04 Å². The van der Waals surface area contributed by atoms with Crippen LogP contribution in [0.5, 0.6) is 0 Å². The van der Waals surface area contributed by atoms with Crippen molar-refractivity contribution < 1.29 is 0 Å². The van der Waals surface area contributed by atoms with Gasteiger partial charge in [0.1, 0.15) is 0 Å². The van der Waals surface area contributed by atoms with Gasteiger partial charge in [0.15, 0.2) is 0 Å². The van der Waals surface area contributed by atoms with E-state index in [1.807, 2.05) is 10.9 Å². The summed E-state index contributed by atoms with van der Waals surface area (Å²) in [6.45, 7) is 7.38. The maximum Gasteiger partial charge on any atom is 0.0534 e. The van der Waals surface area contributed by atoms with Crippen molar-refractivity contribution >= 4 is 0 Å². The molecule has 0 amide bonds. The fraction of sp³-hybridized carbons (Fsp3) is 0.471. The van der Waals surface area contributed by atoms with E-state index in [-0.39, 0.29) is 0 Å². The first-order chi connectivity index (χ1) is 10.3. The summed E-state index contributed by atoms with van der Waals surface area (Å²) in [7, 11) is 2.23. The molecule has 4 heteroatoms. The number of hydrogen-bond donors (Lipinski definition) is 0. The van der Waals surface area contributed by atoms with Crippen LogP contribution in [-0.2, 0) is 13.1 Å². The van der Waals surface area contributed by atoms with Crippen LogP contribution in [0.4, 0.5) is 0 Å². The summed E-state index contributed by atoms with van der Waals surface area (Å²) in [5.41, 5.74) is 2.72. The van der Waals surface area contributed by atoms with E-state index in [1.54, 1.807) is 0 Å². The minimum Gasteiger partial charge on any atom is -0.297 e. The van der Waals surface area contributed by atoms with Gasteiger partial charge in [0.25, 0.3) is 0 Å². The second-order valence-electron chi connectivity index (χ2n) is 5.85. The van der Waals surface area contributed by atoms with E-state index >= 15 is 0 Å². The fourth-order valence-electron chi connectivity index (χ4n) is 3.03. The van der Waals surface area contributed by atoms with Crippen molar-refractivity contribution in [3.8, 4) is 0 Å². The third kappa shape index (κ3) is 3.34. The van der Waals surface area contributed by atoms with Gasteiger partial charge in [-0.3, -0.25) is 14.5 Å². The largest absolute Gasteiger partial charge is 0.297 e. The van der Waals surface area contributed by atoms with Gasteiger partial charge < -0.3 is 0 Å². The van der Waals surface area contributed by atoms with Crippen LogP contribution in [0.1, 0.15) is 24.1 Å². The molecule has 2 aromatic rings. The van der Waals surface area contributed by atoms with Gasteiger partial charge in [-0.2, -0.15) is 5.10 Å². The Hall–Kier alpha value is -1.65. The first-order valence-corrected chi connectivity index (χ1v) is 7.75. The highest BCUT2D eigenvalue weighted by molar-refractivity contribution is 5.20. The van der Waals surface area contributed by atoms with Gasteiger partial charge in [0, 0.05) is 50.5 Å². The third-order valence-corrected chi connectivity index (χ3v) is 4.33. The highest BCUT2D eigenvalue weighted by Gasteiger charge is 2.25. The van der Waals surface area contributed by atoms with E-state index in [9.17, 15) is 0 Å². The first kappa shape index (κ1) is 14.3. The molecule has 21 heavy (non-hydrogen) atoms. The molecule has 1 saturated heterocycles. The second kappa shape index (κ2) is 6.41. The molecule has 4 nitrogen and oxygen atoms in total. The Morgan fingerprint density at radius 2 is 2.00 bits per heavy atom. The van der Waals surface area contributed by atoms with E-state index in [2.05, 4.69) is 65.4 Å². The number of benzene rings is 1. The van der Waals surface area contributed by atoms with E-state index in [0.717, 1.165) is 32.7 Å². The van der Waals surface area contributed by atoms with Crippen molar-refractivity contribution in [1.82, 2.24) is 19.6 Å². The monoisotopic (exact) mass is 284 g/mol. The number of rotatable bonds is 4. The summed E-state index contributed by atoms with van der Waals surface area (Å²) in [6.07, 6.45) is 4.16. The van der Waals surface area contributed by atoms with Crippen molar-refractivity contribution in [3.05, 3.63) is 53.9 Å². The van der Waals surface area contributed by atoms with E-state index < -0.39 is 0 Å². The molecule has 1 aromatic heterocycles. The number of likely N-dealkylation sites (N-methyl/N-ethyl adjacent to an activating group) is 1. The summed E-state index contributed by atoms with van der Waals surface area (Å²) >= 11 is 0. The molecule has 0 aliphatic carbocycles. The number of piperazine rings is 1. The fourth-order valence-corrected chi connectivity index (χ4v) is 3.03. The Kier molecular flexibility index (Phi) is 4.36. The Bertz CT molecular complexity index is 563. The van der Waals surface area contributed by atoms with Crippen LogP contribution in [0.25, 0.3) is 0 Å². The molecular weight excluding hydrogens is 260 g/mol. The van der Waals surface area contributed by atoms with Crippen molar-refractivity contribution in [2.75, 3.05) is 26.7 Å². The maximum atomic E-state index is 4.37. The predicted molar refractivity (Wildman–Crippen MR) is 85.0 cm³/mol. The second-order valence-corrected chi connectivity index (χ2v) is 5.85. The van der Waals surface area contributed by atoms with Crippen molar-refractivity contribution in [2.45, 2.75) is 26.1 Å². The topological polar surface area (TPSA) is 24.3 Å². The molecule has 1 fully saturated rings. The van der Waals surface area contributed by atoms with Crippen LogP contribution < -0.4 is 0 Å². The van der Waals surface area contributed by atoms with E-state index in [1.165, 1.54) is 11.1 Å². The zero-order chi connectivity index (χ0) is 14.7. The predicted octanol–water partition coefficient (Wildman–Crippen LogP) is 2.39. The first-order valence-electron chi connectivity index (χ1n) is 7.75. The molecule has 0 radical (unpaired) electrons. The minimum absolute atomic E-state index is 0.487. The van der Waals surface area contributed by atoms with Gasteiger partial charge in [0.2, 0.25) is 0 Å². The van der Waals surface area contributed by atoms with Crippen LogP contribution in [-0.4, -0.2) is 46.3 Å². The number of aromatic nitrogens is 2. The van der Waals surface area contributed by atoms with Gasteiger partial charge in [-0.1, -0.05) is 30.3 Å². The summed E-state index contributed by atoms with van der Waals surface area (Å²) in [6, 6.07) is 11.3. The molecule has 1 atom stereocenters. The summed E-state index contributed by atoms with van der Waals surface area (Å²) in [5.74, 6) is 0. The van der Waals surface area contributed by atoms with Gasteiger partial charge in [-0.25, -0.2) is 0 Å². The molecular formula is C17H24N4. The summed E-state index contributed by atoms with van der Waals surface area (Å²) in [4.78, 5) is 5.00. The smallest absolute Gasteiger partial charge is 0.0534 e. The summed E-state index contributed by atoms with van der Waals surface area (Å²) < 4.78 is 2.00. The van der Waals surface area contributed by atoms with Crippen molar-refractivity contribution in [3.63, 3.8) is 0 Å². The Morgan fingerprint density at radius 1 is 1.19 bits per heavy atom. The Balaban J connectivity index is 1.68. The number of hydrogen-bond acceptors (Lipinski definition) is 3. The number of nitrogens with zero attached hydrogens (tertiary/aromatic N) is 4. The molecule has 1 aliphatic rings. The van der Waals surface area contributed by atoms with Crippen molar-refractivity contribution in [1.29, 1.82) is 0 Å². The van der Waals surface area contributed by atoms with Gasteiger partial charge in [-0.05, 0) is 19.5 Å². The molecule has 2 heterocycles. The average Bonchev–Trinajstić information content (AvgIpc) is 2.98. The van der Waals surface area contributed by atoms with Crippen molar-refractivity contribution in [2.24, 2.45) is 0 Å². The lowest BCUT2D eigenvalue weighted by Crippen LogP contribution is -2.46. The molecule has 0 bridgehead atoms. The van der Waals surface area contributed by atoms with Crippen LogP contribution in [0, 0.1) is 0 Å². The van der Waals surface area contributed by atoms with Gasteiger partial charge >= 0.3 is 0 Å². The zero-order valence-electron chi connectivity index (χ0n) is 12.9. The molecule has 1 unspecified atom stereocenters. The van der Waals surface area contributed by atoms with Gasteiger partial charge in [-0.15, -0.1) is 0 Å². The van der Waals surface area contributed by atoms with Crippen LogP contribution >= 0.6 is 0 Å². The normalized spacial score (nSPS) is 20.8.